The van der Waals surface area contributed by atoms with E-state index in [-0.39, 0.29) is 32.1 Å². The summed E-state index contributed by atoms with van der Waals surface area (Å²) in [6, 6.07) is 0. The first-order chi connectivity index (χ1) is 27.3. The van der Waals surface area contributed by atoms with Gasteiger partial charge in [-0.2, -0.15) is 0 Å². The fraction of sp³-hybridized carbons (Fsp3) is 0.957. The molecule has 56 heavy (non-hydrogen) atoms. The fourth-order valence-electron chi connectivity index (χ4n) is 7.53. The standard InChI is InChI=1S/C46H89NO9/c1-3-5-7-9-11-13-15-17-19-21-23-25-27-29-31-33-35-42(49)55-39(38-54-46-45(52)44(51)43(50)40(36-47)56-46)37-53-41(48)34-32-30-28-26-24-22-20-18-16-14-12-10-8-6-4-2/h39-40,43-46,50-52H,3-38,47H2,1-2H3/t39-,40+,43+,44-,45+,46+/m0/s1. The van der Waals surface area contributed by atoms with Crippen molar-refractivity contribution in [3.8, 4) is 0 Å². The monoisotopic (exact) mass is 800 g/mol. The van der Waals surface area contributed by atoms with Crippen molar-refractivity contribution in [3.05, 3.63) is 0 Å². The van der Waals surface area contributed by atoms with Crippen LogP contribution in [-0.4, -0.2) is 83.8 Å². The highest BCUT2D eigenvalue weighted by atomic mass is 16.7. The Kier molecular flexibility index (Phi) is 35.7. The molecule has 0 spiro atoms. The number of esters is 2. The van der Waals surface area contributed by atoms with Gasteiger partial charge in [0.2, 0.25) is 0 Å². The number of ether oxygens (including phenoxy) is 4. The van der Waals surface area contributed by atoms with Crippen LogP contribution in [0.3, 0.4) is 0 Å². The van der Waals surface area contributed by atoms with Gasteiger partial charge in [-0.25, -0.2) is 0 Å². The third-order valence-corrected chi connectivity index (χ3v) is 11.3. The van der Waals surface area contributed by atoms with Gasteiger partial charge in [0.05, 0.1) is 6.61 Å². The second-order valence-corrected chi connectivity index (χ2v) is 16.6. The van der Waals surface area contributed by atoms with Gasteiger partial charge in [-0.1, -0.05) is 200 Å². The molecule has 6 atom stereocenters. The quantitative estimate of drug-likeness (QED) is 0.0347. The molecule has 0 saturated carbocycles. The predicted octanol–water partition coefficient (Wildman–Crippen LogP) is 10.1. The van der Waals surface area contributed by atoms with E-state index in [1.54, 1.807) is 0 Å². The molecular weight excluding hydrogens is 711 g/mol. The highest BCUT2D eigenvalue weighted by Crippen LogP contribution is 2.22. The summed E-state index contributed by atoms with van der Waals surface area (Å²) in [7, 11) is 0. The highest BCUT2D eigenvalue weighted by molar-refractivity contribution is 5.70. The molecule has 0 aromatic heterocycles. The maximum atomic E-state index is 12.8. The summed E-state index contributed by atoms with van der Waals surface area (Å²) in [6.45, 7) is 4.03. The van der Waals surface area contributed by atoms with Crippen molar-refractivity contribution in [3.63, 3.8) is 0 Å². The summed E-state index contributed by atoms with van der Waals surface area (Å²) in [5.74, 6) is -0.753. The lowest BCUT2D eigenvalue weighted by Crippen LogP contribution is -2.60. The average molecular weight is 800 g/mol. The summed E-state index contributed by atoms with van der Waals surface area (Å²) >= 11 is 0. The molecule has 0 bridgehead atoms. The third-order valence-electron chi connectivity index (χ3n) is 11.3. The smallest absolute Gasteiger partial charge is 0.306 e. The minimum absolute atomic E-state index is 0.0839. The van der Waals surface area contributed by atoms with E-state index < -0.39 is 42.8 Å². The molecule has 332 valence electrons. The van der Waals surface area contributed by atoms with Crippen molar-refractivity contribution in [2.45, 2.75) is 263 Å². The first kappa shape index (κ1) is 52.7. The summed E-state index contributed by atoms with van der Waals surface area (Å²) in [5, 5.41) is 30.8. The van der Waals surface area contributed by atoms with Crippen molar-refractivity contribution in [1.82, 2.24) is 0 Å². The van der Waals surface area contributed by atoms with Crippen LogP contribution in [0.25, 0.3) is 0 Å². The first-order valence-electron chi connectivity index (χ1n) is 23.7. The molecule has 0 unspecified atom stereocenters. The van der Waals surface area contributed by atoms with Crippen molar-refractivity contribution < 1.29 is 43.9 Å². The minimum atomic E-state index is -1.53. The molecule has 1 fully saturated rings. The van der Waals surface area contributed by atoms with Crippen LogP contribution >= 0.6 is 0 Å². The summed E-state index contributed by atoms with van der Waals surface area (Å²) in [6.07, 6.45) is 31.8. The zero-order chi connectivity index (χ0) is 40.9. The van der Waals surface area contributed by atoms with Gasteiger partial charge in [-0.05, 0) is 12.8 Å². The second kappa shape index (κ2) is 37.9. The lowest BCUT2D eigenvalue weighted by atomic mass is 9.99. The van der Waals surface area contributed by atoms with Crippen LogP contribution in [0.15, 0.2) is 0 Å². The molecule has 0 aromatic rings. The van der Waals surface area contributed by atoms with E-state index in [2.05, 4.69) is 13.8 Å². The van der Waals surface area contributed by atoms with E-state index in [0.29, 0.717) is 6.42 Å². The number of unbranched alkanes of at least 4 members (excludes halogenated alkanes) is 29. The molecule has 0 aliphatic carbocycles. The molecule has 1 aliphatic rings. The Morgan fingerprint density at radius 3 is 1.23 bits per heavy atom. The van der Waals surface area contributed by atoms with Crippen molar-refractivity contribution in [1.29, 1.82) is 0 Å². The number of carbonyl (C=O) groups is 2. The van der Waals surface area contributed by atoms with Gasteiger partial charge in [0.15, 0.2) is 12.4 Å². The van der Waals surface area contributed by atoms with Gasteiger partial charge >= 0.3 is 11.9 Å². The molecule has 1 heterocycles. The molecule has 10 nitrogen and oxygen atoms in total. The molecule has 0 amide bonds. The van der Waals surface area contributed by atoms with E-state index >= 15 is 0 Å². The van der Waals surface area contributed by atoms with Crippen LogP contribution < -0.4 is 5.73 Å². The molecule has 10 heteroatoms. The zero-order valence-corrected chi connectivity index (χ0v) is 36.3. The van der Waals surface area contributed by atoms with E-state index in [4.69, 9.17) is 24.7 Å². The van der Waals surface area contributed by atoms with Crippen LogP contribution in [0.4, 0.5) is 0 Å². The Balaban J connectivity index is 2.29. The lowest BCUT2D eigenvalue weighted by Gasteiger charge is -2.40. The SMILES string of the molecule is CCCCCCCCCCCCCCCCCCC(=O)O[C@@H](COC(=O)CCCCCCCCCCCCCCCCC)CO[C@@H]1O[C@H](CN)[C@@H](O)[C@H](O)[C@H]1O. The largest absolute Gasteiger partial charge is 0.462 e. The normalized spacial score (nSPS) is 20.3. The topological polar surface area (TPSA) is 158 Å². The molecule has 0 radical (unpaired) electrons. The molecule has 1 saturated heterocycles. The Morgan fingerprint density at radius 1 is 0.500 bits per heavy atom. The van der Waals surface area contributed by atoms with Gasteiger partial charge in [-0.15, -0.1) is 0 Å². The number of hydrogen-bond acceptors (Lipinski definition) is 10. The van der Waals surface area contributed by atoms with E-state index in [9.17, 15) is 24.9 Å². The molecule has 1 rings (SSSR count). The number of nitrogens with two attached hydrogens (primary N) is 1. The fourth-order valence-corrected chi connectivity index (χ4v) is 7.53. The maximum absolute atomic E-state index is 12.8. The zero-order valence-electron chi connectivity index (χ0n) is 36.3. The highest BCUT2D eigenvalue weighted by Gasteiger charge is 2.44. The van der Waals surface area contributed by atoms with E-state index in [1.807, 2.05) is 0 Å². The molecule has 5 N–H and O–H groups in total. The van der Waals surface area contributed by atoms with Crippen LogP contribution in [-0.2, 0) is 28.5 Å². The number of rotatable bonds is 40. The number of aliphatic hydroxyl groups excluding tert-OH is 3. The van der Waals surface area contributed by atoms with Gasteiger partial charge in [0, 0.05) is 19.4 Å². The minimum Gasteiger partial charge on any atom is -0.462 e. The Bertz CT molecular complexity index is 891. The van der Waals surface area contributed by atoms with Gasteiger partial charge in [0.25, 0.3) is 0 Å². The maximum Gasteiger partial charge on any atom is 0.306 e. The van der Waals surface area contributed by atoms with Crippen LogP contribution in [0.1, 0.15) is 226 Å². The van der Waals surface area contributed by atoms with E-state index in [1.165, 1.54) is 161 Å². The third kappa shape index (κ3) is 29.0. The summed E-state index contributed by atoms with van der Waals surface area (Å²) < 4.78 is 22.4. The van der Waals surface area contributed by atoms with Crippen LogP contribution in [0, 0.1) is 0 Å². The number of aliphatic hydroxyl groups is 3. The Morgan fingerprint density at radius 2 is 0.857 bits per heavy atom. The van der Waals surface area contributed by atoms with Gasteiger partial charge < -0.3 is 40.0 Å². The van der Waals surface area contributed by atoms with Crippen LogP contribution in [0.2, 0.25) is 0 Å². The molecule has 0 aromatic carbocycles. The second-order valence-electron chi connectivity index (χ2n) is 16.6. The van der Waals surface area contributed by atoms with Crippen LogP contribution in [0.5, 0.6) is 0 Å². The first-order valence-corrected chi connectivity index (χ1v) is 23.7. The Labute approximate surface area is 343 Å². The van der Waals surface area contributed by atoms with Crippen molar-refractivity contribution >= 4 is 11.9 Å². The average Bonchev–Trinajstić information content (AvgIpc) is 3.19. The molecular formula is C46H89NO9. The van der Waals surface area contributed by atoms with E-state index in [0.717, 1.165) is 38.5 Å². The number of hydrogen-bond donors (Lipinski definition) is 4. The number of carbonyl (C=O) groups excluding carboxylic acids is 2. The van der Waals surface area contributed by atoms with Gasteiger partial charge in [-0.3, -0.25) is 9.59 Å². The summed E-state index contributed by atoms with van der Waals surface area (Å²) in [5.41, 5.74) is 5.65. The summed E-state index contributed by atoms with van der Waals surface area (Å²) in [4.78, 5) is 25.4. The Hall–Kier alpha value is -1.30. The van der Waals surface area contributed by atoms with Gasteiger partial charge in [0.1, 0.15) is 31.0 Å². The van der Waals surface area contributed by atoms with Crippen molar-refractivity contribution in [2.75, 3.05) is 19.8 Å². The molecule has 1 aliphatic heterocycles. The predicted molar refractivity (Wildman–Crippen MR) is 226 cm³/mol. The lowest BCUT2D eigenvalue weighted by molar-refractivity contribution is -0.299. The van der Waals surface area contributed by atoms with Crippen molar-refractivity contribution in [2.24, 2.45) is 5.73 Å².